The second kappa shape index (κ2) is 10.2. The molecule has 1 rings (SSSR count). The molecule has 0 bridgehead atoms. The number of carbonyl (C=O) groups is 1. The van der Waals surface area contributed by atoms with E-state index in [-0.39, 0.29) is 5.24 Å². The lowest BCUT2D eigenvalue weighted by atomic mass is 10.1. The van der Waals surface area contributed by atoms with Crippen LogP contribution in [0.25, 0.3) is 0 Å². The van der Waals surface area contributed by atoms with Crippen molar-refractivity contribution in [2.24, 2.45) is 0 Å². The van der Waals surface area contributed by atoms with Gasteiger partial charge < -0.3 is 5.32 Å². The van der Waals surface area contributed by atoms with Gasteiger partial charge in [-0.1, -0.05) is 50.6 Å². The molecular formula is C15H22ClNOS. The monoisotopic (exact) mass is 299 g/mol. The van der Waals surface area contributed by atoms with Gasteiger partial charge in [-0.2, -0.15) is 0 Å². The van der Waals surface area contributed by atoms with Gasteiger partial charge >= 0.3 is 0 Å². The van der Waals surface area contributed by atoms with E-state index in [1.807, 2.05) is 12.1 Å². The zero-order valence-corrected chi connectivity index (χ0v) is 13.0. The fraction of sp³-hybridized carbons (Fsp3) is 0.533. The molecular weight excluding hydrogens is 278 g/mol. The number of unbranched alkanes of at least 4 members (excludes halogenated alkanes) is 5. The highest BCUT2D eigenvalue weighted by Crippen LogP contribution is 2.20. The van der Waals surface area contributed by atoms with Gasteiger partial charge in [0.25, 0.3) is 5.24 Å². The van der Waals surface area contributed by atoms with Gasteiger partial charge in [-0.25, -0.2) is 0 Å². The Kier molecular flexibility index (Phi) is 8.76. The summed E-state index contributed by atoms with van der Waals surface area (Å²) in [6.45, 7) is 2.99. The van der Waals surface area contributed by atoms with Crippen molar-refractivity contribution in [1.82, 2.24) is 5.32 Å². The van der Waals surface area contributed by atoms with E-state index in [4.69, 9.17) is 11.6 Å². The normalized spacial score (nSPS) is 10.4. The minimum absolute atomic E-state index is 0.0101. The molecule has 1 amide bonds. The fourth-order valence-electron chi connectivity index (χ4n) is 1.74. The van der Waals surface area contributed by atoms with Crippen LogP contribution < -0.4 is 5.32 Å². The molecule has 0 fully saturated rings. The molecule has 0 radical (unpaired) electrons. The third-order valence-electron chi connectivity index (χ3n) is 2.82. The lowest BCUT2D eigenvalue weighted by molar-refractivity contribution is 0.260. The molecule has 1 N–H and O–H groups in total. The molecule has 106 valence electrons. The van der Waals surface area contributed by atoms with E-state index >= 15 is 0 Å². The molecule has 1 aromatic rings. The summed E-state index contributed by atoms with van der Waals surface area (Å²) < 4.78 is 0. The summed E-state index contributed by atoms with van der Waals surface area (Å²) in [5, 5.41) is 3.63. The van der Waals surface area contributed by atoms with E-state index in [2.05, 4.69) is 12.2 Å². The highest BCUT2D eigenvalue weighted by atomic mass is 35.5. The average Bonchev–Trinajstić information content (AvgIpc) is 2.40. The molecule has 0 spiro atoms. The predicted molar refractivity (Wildman–Crippen MR) is 84.1 cm³/mol. The van der Waals surface area contributed by atoms with E-state index in [1.54, 1.807) is 12.1 Å². The number of nitrogens with one attached hydrogen (secondary N) is 1. The molecule has 1 aromatic carbocycles. The lowest BCUT2D eigenvalue weighted by Crippen LogP contribution is -2.19. The molecule has 0 unspecified atom stereocenters. The first-order valence-corrected chi connectivity index (χ1v) is 8.13. The molecule has 4 heteroatoms. The number of hydrogen-bond donors (Lipinski definition) is 1. The fourth-order valence-corrected chi connectivity index (χ4v) is 2.53. The van der Waals surface area contributed by atoms with E-state index in [9.17, 15) is 4.79 Å². The first-order chi connectivity index (χ1) is 9.22. The van der Waals surface area contributed by atoms with E-state index in [0.717, 1.165) is 17.9 Å². The molecule has 0 atom stereocenters. The summed E-state index contributed by atoms with van der Waals surface area (Å²) >= 11 is 7.01. The van der Waals surface area contributed by atoms with Crippen LogP contribution in [-0.4, -0.2) is 11.8 Å². The third kappa shape index (κ3) is 8.17. The minimum Gasteiger partial charge on any atom is -0.347 e. The van der Waals surface area contributed by atoms with Crippen LogP contribution in [0.4, 0.5) is 4.79 Å². The van der Waals surface area contributed by atoms with Crippen molar-refractivity contribution in [2.45, 2.75) is 50.3 Å². The Balaban J connectivity index is 2.06. The van der Waals surface area contributed by atoms with Crippen LogP contribution >= 0.6 is 23.4 Å². The molecule has 0 heterocycles. The van der Waals surface area contributed by atoms with Crippen molar-refractivity contribution in [3.05, 3.63) is 29.3 Å². The number of benzene rings is 1. The smallest absolute Gasteiger partial charge is 0.283 e. The summed E-state index contributed by atoms with van der Waals surface area (Å²) in [4.78, 5) is 12.6. The standard InChI is InChI=1S/C15H22ClNOS/c1-2-3-4-5-6-7-12-17-15(18)19-14-10-8-13(16)9-11-14/h8-11H,2-7,12H2,1H3,(H,17,18). The Morgan fingerprint density at radius 2 is 1.74 bits per heavy atom. The Morgan fingerprint density at radius 1 is 1.11 bits per heavy atom. The molecule has 19 heavy (non-hydrogen) atoms. The maximum atomic E-state index is 11.7. The zero-order chi connectivity index (χ0) is 13.9. The third-order valence-corrected chi connectivity index (χ3v) is 3.91. The highest BCUT2D eigenvalue weighted by Gasteiger charge is 2.03. The number of thioether (sulfide) groups is 1. The number of rotatable bonds is 8. The van der Waals surface area contributed by atoms with Gasteiger partial charge in [0, 0.05) is 16.5 Å². The summed E-state index contributed by atoms with van der Waals surface area (Å²) in [6.07, 6.45) is 7.44. The zero-order valence-electron chi connectivity index (χ0n) is 11.5. The van der Waals surface area contributed by atoms with Gasteiger partial charge in [-0.3, -0.25) is 4.79 Å². The first-order valence-electron chi connectivity index (χ1n) is 6.93. The average molecular weight is 300 g/mol. The lowest BCUT2D eigenvalue weighted by Gasteiger charge is -2.05. The molecule has 0 aliphatic carbocycles. The summed E-state index contributed by atoms with van der Waals surface area (Å²) in [5.74, 6) is 0. The quantitative estimate of drug-likeness (QED) is 0.507. The maximum Gasteiger partial charge on any atom is 0.283 e. The Labute approximate surface area is 125 Å². The molecule has 2 nitrogen and oxygen atoms in total. The predicted octanol–water partition coefficient (Wildman–Crippen LogP) is 5.50. The van der Waals surface area contributed by atoms with Crippen LogP contribution in [0.2, 0.25) is 5.02 Å². The topological polar surface area (TPSA) is 29.1 Å². The number of amides is 1. The van der Waals surface area contributed by atoms with Gasteiger partial charge in [-0.05, 0) is 42.4 Å². The number of carbonyl (C=O) groups excluding carboxylic acids is 1. The molecule has 0 aliphatic heterocycles. The van der Waals surface area contributed by atoms with Crippen LogP contribution in [0.5, 0.6) is 0 Å². The van der Waals surface area contributed by atoms with E-state index in [1.165, 1.54) is 43.9 Å². The molecule has 0 saturated heterocycles. The van der Waals surface area contributed by atoms with Crippen molar-refractivity contribution in [3.63, 3.8) is 0 Å². The van der Waals surface area contributed by atoms with Crippen molar-refractivity contribution >= 4 is 28.6 Å². The van der Waals surface area contributed by atoms with Crippen LogP contribution in [0.3, 0.4) is 0 Å². The maximum absolute atomic E-state index is 11.7. The van der Waals surface area contributed by atoms with Crippen LogP contribution in [0.1, 0.15) is 45.4 Å². The van der Waals surface area contributed by atoms with Crippen molar-refractivity contribution < 1.29 is 4.79 Å². The number of hydrogen-bond acceptors (Lipinski definition) is 2. The summed E-state index contributed by atoms with van der Waals surface area (Å²) in [5.41, 5.74) is 0. The second-order valence-corrected chi connectivity index (χ2v) is 6.02. The Hall–Kier alpha value is -0.670. The Bertz CT molecular complexity index is 367. The number of halogens is 1. The molecule has 0 aromatic heterocycles. The summed E-state index contributed by atoms with van der Waals surface area (Å²) in [7, 11) is 0. The van der Waals surface area contributed by atoms with Gasteiger partial charge in [-0.15, -0.1) is 0 Å². The van der Waals surface area contributed by atoms with E-state index in [0.29, 0.717) is 5.02 Å². The second-order valence-electron chi connectivity index (χ2n) is 4.54. The Morgan fingerprint density at radius 3 is 2.42 bits per heavy atom. The van der Waals surface area contributed by atoms with Gasteiger partial charge in [0.2, 0.25) is 0 Å². The van der Waals surface area contributed by atoms with Crippen molar-refractivity contribution in [2.75, 3.05) is 6.54 Å². The SMILES string of the molecule is CCCCCCCCNC(=O)Sc1ccc(Cl)cc1. The van der Waals surface area contributed by atoms with E-state index < -0.39 is 0 Å². The van der Waals surface area contributed by atoms with Crippen LogP contribution in [-0.2, 0) is 0 Å². The minimum atomic E-state index is 0.0101. The van der Waals surface area contributed by atoms with Crippen molar-refractivity contribution in [3.8, 4) is 0 Å². The van der Waals surface area contributed by atoms with Crippen LogP contribution in [0, 0.1) is 0 Å². The molecule has 0 aliphatic rings. The summed E-state index contributed by atoms with van der Waals surface area (Å²) in [6, 6.07) is 7.31. The van der Waals surface area contributed by atoms with Crippen molar-refractivity contribution in [1.29, 1.82) is 0 Å². The van der Waals surface area contributed by atoms with Gasteiger partial charge in [0.05, 0.1) is 0 Å². The first kappa shape index (κ1) is 16.4. The van der Waals surface area contributed by atoms with Gasteiger partial charge in [0.1, 0.15) is 0 Å². The molecule has 0 saturated carbocycles. The van der Waals surface area contributed by atoms with Crippen LogP contribution in [0.15, 0.2) is 29.2 Å². The van der Waals surface area contributed by atoms with Gasteiger partial charge in [0.15, 0.2) is 0 Å². The largest absolute Gasteiger partial charge is 0.347 e. The highest BCUT2D eigenvalue weighted by molar-refractivity contribution is 8.13.